The molecule has 21 nitrogen and oxygen atoms in total. The zero-order valence-corrected chi connectivity index (χ0v) is 32.7. The molecule has 2 fully saturated rings. The van der Waals surface area contributed by atoms with Crippen LogP contribution in [0, 0.1) is 5.82 Å². The summed E-state index contributed by atoms with van der Waals surface area (Å²) in [5.74, 6) is -10.3. The molecule has 3 amide bonds. The molecule has 2 aromatic heterocycles. The van der Waals surface area contributed by atoms with Crippen LogP contribution in [0.5, 0.6) is 11.5 Å². The summed E-state index contributed by atoms with van der Waals surface area (Å²) in [6.45, 7) is 3.65. The number of anilines is 1. The number of thiazole rings is 1. The molecule has 0 unspecified atom stereocenters. The van der Waals surface area contributed by atoms with Crippen molar-refractivity contribution >= 4 is 80.5 Å². The highest BCUT2D eigenvalue weighted by molar-refractivity contribution is 8.00. The molecule has 0 aliphatic carbocycles. The van der Waals surface area contributed by atoms with Gasteiger partial charge in [0.15, 0.2) is 28.2 Å². The second kappa shape index (κ2) is 16.9. The largest absolute Gasteiger partial charge is 0.504 e. The number of aromatic hydroxyl groups is 2. The molecule has 314 valence electrons. The lowest BCUT2D eigenvalue weighted by Crippen LogP contribution is -2.71. The normalized spacial score (nSPS) is 19.2. The third kappa shape index (κ3) is 8.36. The van der Waals surface area contributed by atoms with Crippen molar-refractivity contribution in [2.45, 2.75) is 50.3 Å². The Bertz CT molecular complexity index is 2390. The van der Waals surface area contributed by atoms with Gasteiger partial charge in [-0.3, -0.25) is 28.9 Å². The van der Waals surface area contributed by atoms with Crippen LogP contribution in [0.3, 0.4) is 0 Å². The number of phenols is 2. The van der Waals surface area contributed by atoms with E-state index in [-0.39, 0.29) is 53.0 Å². The number of nitrogen functional groups attached to an aromatic ring is 1. The number of hydrogen-bond donors (Lipinski definition) is 8. The van der Waals surface area contributed by atoms with Crippen molar-refractivity contribution in [3.8, 4) is 11.5 Å². The second-order valence-electron chi connectivity index (χ2n) is 13.9. The molecule has 3 aromatic rings. The van der Waals surface area contributed by atoms with E-state index in [0.29, 0.717) is 29.7 Å². The molecule has 3 atom stereocenters. The van der Waals surface area contributed by atoms with E-state index in [1.807, 2.05) is 0 Å². The maximum absolute atomic E-state index is 15.0. The van der Waals surface area contributed by atoms with Gasteiger partial charge in [0.25, 0.3) is 17.7 Å². The van der Waals surface area contributed by atoms with E-state index in [0.717, 1.165) is 35.1 Å². The molecule has 2 saturated heterocycles. The van der Waals surface area contributed by atoms with Crippen LogP contribution in [0.1, 0.15) is 42.2 Å². The summed E-state index contributed by atoms with van der Waals surface area (Å²) in [6.07, 6.45) is -0.136. The van der Waals surface area contributed by atoms with Gasteiger partial charge in [-0.15, -0.1) is 23.1 Å². The predicted molar refractivity (Wildman–Crippen MR) is 206 cm³/mol. The monoisotopic (exact) mass is 861 g/mol. The van der Waals surface area contributed by atoms with Gasteiger partial charge in [-0.2, -0.15) is 0 Å². The van der Waals surface area contributed by atoms with Gasteiger partial charge in [0.1, 0.15) is 34.9 Å². The topological polar surface area (TPSA) is 313 Å². The van der Waals surface area contributed by atoms with Crippen LogP contribution < -0.4 is 21.8 Å². The first-order valence-electron chi connectivity index (χ1n) is 18.0. The first-order chi connectivity index (χ1) is 28.0. The number of quaternary nitrogens is 1. The minimum atomic E-state index is -1.97. The maximum Gasteiger partial charge on any atom is 0.352 e. The number of nitrogens with one attached hydrogen (secondary N) is 2. The van der Waals surface area contributed by atoms with Crippen molar-refractivity contribution in [1.82, 2.24) is 25.1 Å². The van der Waals surface area contributed by atoms with Crippen molar-refractivity contribution in [2.75, 3.05) is 44.2 Å². The quantitative estimate of drug-likeness (QED) is 0.0310. The van der Waals surface area contributed by atoms with Gasteiger partial charge in [0.2, 0.25) is 11.5 Å². The number of benzene rings is 1. The zero-order valence-electron chi connectivity index (χ0n) is 31.0. The number of amides is 3. The van der Waals surface area contributed by atoms with Gasteiger partial charge in [0.05, 0.1) is 43.5 Å². The Morgan fingerprint density at radius 2 is 1.86 bits per heavy atom. The van der Waals surface area contributed by atoms with Crippen molar-refractivity contribution < 1.29 is 68.0 Å². The third-order valence-corrected chi connectivity index (χ3v) is 12.2. The molecule has 3 aliphatic heterocycles. The van der Waals surface area contributed by atoms with E-state index in [2.05, 4.69) is 20.8 Å². The highest BCUT2D eigenvalue weighted by Crippen LogP contribution is 2.41. The maximum atomic E-state index is 15.0. The molecule has 0 saturated carbocycles. The number of carboxylic acids is 3. The van der Waals surface area contributed by atoms with Crippen LogP contribution in [0.4, 0.5) is 9.52 Å². The number of aliphatic carboxylic acids is 3. The van der Waals surface area contributed by atoms with E-state index >= 15 is 0 Å². The fraction of sp³-hybridized carbons (Fsp3) is 0.400. The summed E-state index contributed by atoms with van der Waals surface area (Å²) in [6, 6.07) is -0.215. The Hall–Kier alpha value is -6.27. The van der Waals surface area contributed by atoms with Crippen molar-refractivity contribution in [2.24, 2.45) is 5.16 Å². The number of fused-ring (bicyclic) bond motifs is 2. The minimum absolute atomic E-state index is 0.00598. The number of oxime groups is 1. The number of likely N-dealkylation sites (tertiary alicyclic amines) is 1. The van der Waals surface area contributed by atoms with Gasteiger partial charge in [-0.25, -0.2) is 19.0 Å². The Balaban J connectivity index is 1.17. The summed E-state index contributed by atoms with van der Waals surface area (Å²) >= 11 is 2.10. The highest BCUT2D eigenvalue weighted by atomic mass is 32.2. The number of nitrogens with two attached hydrogens (primary N) is 1. The van der Waals surface area contributed by atoms with Gasteiger partial charge < -0.3 is 55.8 Å². The molecule has 9 N–H and O–H groups in total. The second-order valence-corrected chi connectivity index (χ2v) is 15.9. The van der Waals surface area contributed by atoms with Crippen LogP contribution in [-0.4, -0.2) is 142 Å². The van der Waals surface area contributed by atoms with Gasteiger partial charge in [-0.05, 0) is 6.92 Å². The molecule has 6 rings (SSSR count). The average molecular weight is 862 g/mol. The van der Waals surface area contributed by atoms with E-state index in [4.69, 9.17) is 15.7 Å². The number of pyridine rings is 1. The number of carboxylic acid groups (broad SMARTS) is 3. The van der Waals surface area contributed by atoms with Crippen molar-refractivity contribution in [1.29, 1.82) is 0 Å². The fourth-order valence-corrected chi connectivity index (χ4v) is 9.21. The van der Waals surface area contributed by atoms with Gasteiger partial charge in [0, 0.05) is 48.4 Å². The lowest BCUT2D eigenvalue weighted by molar-refractivity contribution is -0.911. The number of aryl methyl sites for hydroxylation is 1. The standard InChI is InChI=1S/C35H37FN8O13S2/c1-2-42-11-16(27(48)22-18(42)9-19(45)28(49)23(22)36)29(50)38-5-8-44(6-3-4-7-44)12-15-13-58-32-25(31(52)43(32)26(15)34(55)56)40-30(51)24(17-14-59-35(37)39-17)41-57-20(33(53)54)10-21(46)47/h9,11,14,20,25,32H,2-8,10,12-13H2,1H3,(H8-,37,38,39,40,41,45,46,47,48,49,50,51,53,54,55,56)/p+1/t20-,25+,32+/m0/s1. The Morgan fingerprint density at radius 1 is 1.15 bits per heavy atom. The molecule has 0 radical (unpaired) electrons. The first-order valence-corrected chi connectivity index (χ1v) is 19.9. The van der Waals surface area contributed by atoms with Crippen molar-refractivity contribution in [3.63, 3.8) is 0 Å². The number of carbonyl (C=O) groups is 6. The molecule has 1 aromatic carbocycles. The highest BCUT2D eigenvalue weighted by Gasteiger charge is 2.55. The molecule has 0 spiro atoms. The molecule has 3 aliphatic rings. The van der Waals surface area contributed by atoms with E-state index in [1.54, 1.807) is 6.92 Å². The third-order valence-electron chi connectivity index (χ3n) is 10.2. The number of phenolic OH excluding ortho intramolecular Hbond substituents is 2. The lowest BCUT2D eigenvalue weighted by Gasteiger charge is -2.50. The van der Waals surface area contributed by atoms with Gasteiger partial charge >= 0.3 is 17.9 Å². The smallest absolute Gasteiger partial charge is 0.352 e. The Labute approximate surface area is 340 Å². The zero-order chi connectivity index (χ0) is 42.9. The number of β-lactam (4-membered cyclic amide) rings is 1. The van der Waals surface area contributed by atoms with Gasteiger partial charge in [-0.1, -0.05) is 5.16 Å². The van der Waals surface area contributed by atoms with E-state index < -0.39 is 93.4 Å². The average Bonchev–Trinajstić information content (AvgIpc) is 3.83. The summed E-state index contributed by atoms with van der Waals surface area (Å²) in [5, 5.41) is 57.2. The molecular weight excluding hydrogens is 824 g/mol. The first kappa shape index (κ1) is 42.3. The van der Waals surface area contributed by atoms with Crippen LogP contribution in [0.15, 0.2) is 38.9 Å². The van der Waals surface area contributed by atoms with Crippen LogP contribution in [0.25, 0.3) is 10.9 Å². The minimum Gasteiger partial charge on any atom is -0.504 e. The lowest BCUT2D eigenvalue weighted by atomic mass is 10.0. The molecular formula is C35H38FN8O13S2+. The Kier molecular flexibility index (Phi) is 12.1. The summed E-state index contributed by atoms with van der Waals surface area (Å²) in [7, 11) is 0. The van der Waals surface area contributed by atoms with E-state index in [1.165, 1.54) is 27.9 Å². The molecule has 5 heterocycles. The van der Waals surface area contributed by atoms with Crippen LogP contribution in [-0.2, 0) is 35.4 Å². The number of thioether (sulfide) groups is 1. The van der Waals surface area contributed by atoms with E-state index in [9.17, 15) is 58.4 Å². The predicted octanol–water partition coefficient (Wildman–Crippen LogP) is 0.0382. The van der Waals surface area contributed by atoms with Crippen molar-refractivity contribution in [3.05, 3.63) is 56.2 Å². The summed E-state index contributed by atoms with van der Waals surface area (Å²) in [4.78, 5) is 98.9. The Morgan fingerprint density at radius 3 is 2.47 bits per heavy atom. The number of hydrogen-bond acceptors (Lipinski definition) is 15. The number of carbonyl (C=O) groups excluding carboxylic acids is 3. The summed E-state index contributed by atoms with van der Waals surface area (Å²) in [5.41, 5.74) is 3.74. The SMILES string of the molecule is CCn1cc(C(=O)NCC[N+]2(CC3=C(C(=O)O)N4C(=O)[C@@H](NC(=O)/C(=N\O[C@@H](CC(=O)O)C(=O)O)c5csc(N)n5)[C@H]4SC3)CCCC2)c(=O)c2c(F)c(O)c(O)cc21. The molecule has 0 bridgehead atoms. The number of aromatic nitrogens is 2. The number of rotatable bonds is 16. The fourth-order valence-electron chi connectivity index (χ4n) is 7.33. The molecule has 24 heteroatoms. The van der Waals surface area contributed by atoms with Crippen LogP contribution >= 0.6 is 23.1 Å². The molecule has 59 heavy (non-hydrogen) atoms. The number of halogens is 1. The number of nitrogens with zero attached hydrogens (tertiary/aromatic N) is 5. The van der Waals surface area contributed by atoms with Crippen LogP contribution in [0.2, 0.25) is 0 Å². The summed E-state index contributed by atoms with van der Waals surface area (Å²) < 4.78 is 16.7.